The number of amides is 2. The van der Waals surface area contributed by atoms with Gasteiger partial charge in [-0.1, -0.05) is 29.3 Å². The first-order valence-corrected chi connectivity index (χ1v) is 9.10. The van der Waals surface area contributed by atoms with Crippen LogP contribution in [0.25, 0.3) is 0 Å². The van der Waals surface area contributed by atoms with E-state index in [9.17, 15) is 4.79 Å². The smallest absolute Gasteiger partial charge is 0.319 e. The van der Waals surface area contributed by atoms with Crippen molar-refractivity contribution in [2.45, 2.75) is 13.0 Å². The molecule has 2 aromatic rings. The van der Waals surface area contributed by atoms with Crippen molar-refractivity contribution in [1.29, 1.82) is 0 Å². The van der Waals surface area contributed by atoms with Gasteiger partial charge in [0.25, 0.3) is 0 Å². The first-order valence-electron chi connectivity index (χ1n) is 8.34. The topological polar surface area (TPSA) is 66.5 Å². The molecule has 1 atom stereocenters. The fraction of sp³-hybridized carbons (Fsp3) is 0.333. The van der Waals surface area contributed by atoms with E-state index in [1.54, 1.807) is 24.4 Å². The Kier molecular flexibility index (Phi) is 6.19. The molecule has 0 spiro atoms. The first kappa shape index (κ1) is 18.8. The molecule has 1 aromatic carbocycles. The summed E-state index contributed by atoms with van der Waals surface area (Å²) in [4.78, 5) is 18.8. The average Bonchev–Trinajstić information content (AvgIpc) is 2.63. The molecule has 2 N–H and O–H groups in total. The van der Waals surface area contributed by atoms with Crippen molar-refractivity contribution in [3.63, 3.8) is 0 Å². The molecule has 1 aliphatic rings. The summed E-state index contributed by atoms with van der Waals surface area (Å²) < 4.78 is 5.33. The van der Waals surface area contributed by atoms with Crippen molar-refractivity contribution >= 4 is 40.7 Å². The average molecular weight is 395 g/mol. The number of hydrogen-bond acceptors (Lipinski definition) is 4. The van der Waals surface area contributed by atoms with Crippen LogP contribution in [0.5, 0.6) is 0 Å². The van der Waals surface area contributed by atoms with Gasteiger partial charge < -0.3 is 20.3 Å². The quantitative estimate of drug-likeness (QED) is 0.818. The molecule has 2 amide bonds. The number of carbonyl (C=O) groups is 1. The van der Waals surface area contributed by atoms with Crippen LogP contribution in [0.3, 0.4) is 0 Å². The molecule has 0 saturated carbocycles. The van der Waals surface area contributed by atoms with Gasteiger partial charge in [-0.2, -0.15) is 0 Å². The zero-order chi connectivity index (χ0) is 18.5. The standard InChI is InChI=1S/C18H20Cl2N4O2/c1-12(15-4-2-13(19)10-16(15)20)22-18(25)23-14-3-5-17(21-11-14)24-6-8-26-9-7-24/h2-5,10-12H,6-9H2,1H3,(H2,22,23,25). The zero-order valence-corrected chi connectivity index (χ0v) is 15.8. The maximum atomic E-state index is 12.2. The van der Waals surface area contributed by atoms with Crippen LogP contribution < -0.4 is 15.5 Å². The summed E-state index contributed by atoms with van der Waals surface area (Å²) in [6.07, 6.45) is 1.64. The molecule has 1 aromatic heterocycles. The lowest BCUT2D eigenvalue weighted by molar-refractivity contribution is 0.122. The molecule has 1 unspecified atom stereocenters. The van der Waals surface area contributed by atoms with Crippen molar-refractivity contribution in [2.75, 3.05) is 36.5 Å². The lowest BCUT2D eigenvalue weighted by Gasteiger charge is -2.27. The third-order valence-electron chi connectivity index (χ3n) is 4.12. The Hall–Kier alpha value is -2.02. The van der Waals surface area contributed by atoms with Crippen LogP contribution >= 0.6 is 23.2 Å². The number of nitrogens with zero attached hydrogens (tertiary/aromatic N) is 2. The van der Waals surface area contributed by atoms with Gasteiger partial charge in [-0.05, 0) is 36.8 Å². The molecule has 3 rings (SSSR count). The van der Waals surface area contributed by atoms with Crippen molar-refractivity contribution in [2.24, 2.45) is 0 Å². The molecule has 26 heavy (non-hydrogen) atoms. The third kappa shape index (κ3) is 4.78. The molecular weight excluding hydrogens is 375 g/mol. The summed E-state index contributed by atoms with van der Waals surface area (Å²) >= 11 is 12.1. The molecule has 138 valence electrons. The van der Waals surface area contributed by atoms with E-state index in [1.165, 1.54) is 0 Å². The number of urea groups is 1. The summed E-state index contributed by atoms with van der Waals surface area (Å²) in [6, 6.07) is 8.33. The molecule has 1 aliphatic heterocycles. The second kappa shape index (κ2) is 8.58. The van der Waals surface area contributed by atoms with Crippen LogP contribution in [0, 0.1) is 0 Å². The highest BCUT2D eigenvalue weighted by molar-refractivity contribution is 6.35. The molecule has 1 saturated heterocycles. The normalized spacial score (nSPS) is 15.4. The first-order chi connectivity index (χ1) is 12.5. The number of morpholine rings is 1. The van der Waals surface area contributed by atoms with Crippen molar-refractivity contribution in [3.05, 3.63) is 52.1 Å². The Morgan fingerprint density at radius 3 is 2.65 bits per heavy atom. The molecule has 0 radical (unpaired) electrons. The fourth-order valence-corrected chi connectivity index (χ4v) is 3.31. The van der Waals surface area contributed by atoms with E-state index in [1.807, 2.05) is 19.1 Å². The maximum absolute atomic E-state index is 12.2. The summed E-state index contributed by atoms with van der Waals surface area (Å²) in [5.41, 5.74) is 1.42. The summed E-state index contributed by atoms with van der Waals surface area (Å²) in [6.45, 7) is 4.90. The fourth-order valence-electron chi connectivity index (χ4n) is 2.73. The number of ether oxygens (including phenoxy) is 1. The van der Waals surface area contributed by atoms with Gasteiger partial charge in [0.05, 0.1) is 31.1 Å². The van der Waals surface area contributed by atoms with E-state index in [2.05, 4.69) is 20.5 Å². The molecule has 0 aliphatic carbocycles. The van der Waals surface area contributed by atoms with Gasteiger partial charge >= 0.3 is 6.03 Å². The van der Waals surface area contributed by atoms with E-state index in [0.29, 0.717) is 28.9 Å². The van der Waals surface area contributed by atoms with Crippen LogP contribution in [0.15, 0.2) is 36.5 Å². The van der Waals surface area contributed by atoms with Gasteiger partial charge in [-0.15, -0.1) is 0 Å². The van der Waals surface area contributed by atoms with E-state index in [0.717, 1.165) is 24.5 Å². The molecule has 1 fully saturated rings. The number of halogens is 2. The Labute approximate surface area is 162 Å². The second-order valence-corrected chi connectivity index (χ2v) is 6.83. The van der Waals surface area contributed by atoms with Crippen molar-refractivity contribution < 1.29 is 9.53 Å². The number of carbonyl (C=O) groups excluding carboxylic acids is 1. The third-order valence-corrected chi connectivity index (χ3v) is 4.68. The van der Waals surface area contributed by atoms with E-state index >= 15 is 0 Å². The minimum absolute atomic E-state index is 0.264. The second-order valence-electron chi connectivity index (χ2n) is 5.99. The van der Waals surface area contributed by atoms with E-state index in [4.69, 9.17) is 27.9 Å². The Balaban J connectivity index is 1.57. The minimum atomic E-state index is -0.329. The van der Waals surface area contributed by atoms with Gasteiger partial charge in [0.1, 0.15) is 5.82 Å². The summed E-state index contributed by atoms with van der Waals surface area (Å²) in [5, 5.41) is 6.70. The number of benzene rings is 1. The number of hydrogen-bond donors (Lipinski definition) is 2. The summed E-state index contributed by atoms with van der Waals surface area (Å²) in [7, 11) is 0. The van der Waals surface area contributed by atoms with Crippen molar-refractivity contribution in [1.82, 2.24) is 10.3 Å². The van der Waals surface area contributed by atoms with E-state index < -0.39 is 0 Å². The Morgan fingerprint density at radius 1 is 1.23 bits per heavy atom. The van der Waals surface area contributed by atoms with Crippen molar-refractivity contribution in [3.8, 4) is 0 Å². The SMILES string of the molecule is CC(NC(=O)Nc1ccc(N2CCOCC2)nc1)c1ccc(Cl)cc1Cl. The van der Waals surface area contributed by atoms with Crippen LogP contribution in [0.4, 0.5) is 16.3 Å². The molecular formula is C18H20Cl2N4O2. The molecule has 2 heterocycles. The number of rotatable bonds is 4. The van der Waals surface area contributed by atoms with Gasteiger partial charge in [0, 0.05) is 23.1 Å². The number of pyridine rings is 1. The van der Waals surface area contributed by atoms with Gasteiger partial charge in [0.2, 0.25) is 0 Å². The van der Waals surface area contributed by atoms with Gasteiger partial charge in [-0.25, -0.2) is 9.78 Å². The lowest BCUT2D eigenvalue weighted by Crippen LogP contribution is -2.36. The van der Waals surface area contributed by atoms with Crippen LogP contribution in [0.2, 0.25) is 10.0 Å². The Bertz CT molecular complexity index is 764. The largest absolute Gasteiger partial charge is 0.378 e. The maximum Gasteiger partial charge on any atom is 0.319 e. The van der Waals surface area contributed by atoms with Gasteiger partial charge in [-0.3, -0.25) is 0 Å². The van der Waals surface area contributed by atoms with E-state index in [-0.39, 0.29) is 12.1 Å². The van der Waals surface area contributed by atoms with Crippen LogP contribution in [-0.2, 0) is 4.74 Å². The lowest BCUT2D eigenvalue weighted by atomic mass is 10.1. The minimum Gasteiger partial charge on any atom is -0.378 e. The van der Waals surface area contributed by atoms with Crippen LogP contribution in [-0.4, -0.2) is 37.3 Å². The molecule has 8 heteroatoms. The Morgan fingerprint density at radius 2 is 2.00 bits per heavy atom. The highest BCUT2D eigenvalue weighted by Crippen LogP contribution is 2.26. The predicted molar refractivity (Wildman–Crippen MR) is 104 cm³/mol. The molecule has 6 nitrogen and oxygen atoms in total. The van der Waals surface area contributed by atoms with Gasteiger partial charge in [0.15, 0.2) is 0 Å². The zero-order valence-electron chi connectivity index (χ0n) is 14.3. The number of anilines is 2. The predicted octanol–water partition coefficient (Wildman–Crippen LogP) is 4.11. The summed E-state index contributed by atoms with van der Waals surface area (Å²) in [5.74, 6) is 0.876. The number of nitrogens with one attached hydrogen (secondary N) is 2. The molecule has 0 bridgehead atoms. The highest BCUT2D eigenvalue weighted by Gasteiger charge is 2.14. The monoisotopic (exact) mass is 394 g/mol. The number of aromatic nitrogens is 1. The highest BCUT2D eigenvalue weighted by atomic mass is 35.5. The van der Waals surface area contributed by atoms with Crippen LogP contribution in [0.1, 0.15) is 18.5 Å².